The molecule has 2 N–H and O–H groups in total. The van der Waals surface area contributed by atoms with E-state index >= 15 is 0 Å². The molecule has 2 unspecified atom stereocenters. The zero-order chi connectivity index (χ0) is 11.8. The first-order valence-electron chi connectivity index (χ1n) is 5.72. The van der Waals surface area contributed by atoms with Crippen LogP contribution in [0.1, 0.15) is 5.56 Å². The van der Waals surface area contributed by atoms with E-state index in [2.05, 4.69) is 22.3 Å². The molecule has 2 heterocycles. The molecule has 1 fully saturated rings. The number of benzene rings is 1. The van der Waals surface area contributed by atoms with Crippen molar-refractivity contribution in [1.29, 1.82) is 0 Å². The number of carbonyl (C=O) groups is 1. The first-order valence-corrected chi connectivity index (χ1v) is 5.72. The summed E-state index contributed by atoms with van der Waals surface area (Å²) in [6.07, 6.45) is 1.14. The van der Waals surface area contributed by atoms with Gasteiger partial charge in [0, 0.05) is 24.9 Å². The molecule has 1 aromatic rings. The molecular formula is C13H14N2O2. The summed E-state index contributed by atoms with van der Waals surface area (Å²) in [5.74, 6) is -0.218. The highest BCUT2D eigenvalue weighted by atomic mass is 16.3. The predicted octanol–water partition coefficient (Wildman–Crippen LogP) is 0.450. The number of nitrogens with one attached hydrogen (secondary N) is 1. The van der Waals surface area contributed by atoms with Gasteiger partial charge in [0.15, 0.2) is 0 Å². The van der Waals surface area contributed by atoms with Crippen LogP contribution in [0.5, 0.6) is 0 Å². The first-order chi connectivity index (χ1) is 8.24. The Morgan fingerprint density at radius 2 is 2.12 bits per heavy atom. The van der Waals surface area contributed by atoms with Gasteiger partial charge in [-0.2, -0.15) is 0 Å². The number of hydrogen-bond acceptors (Lipinski definition) is 3. The minimum atomic E-state index is -0.727. The van der Waals surface area contributed by atoms with Gasteiger partial charge in [0.25, 0.3) is 5.91 Å². The molecule has 0 saturated carbocycles. The van der Waals surface area contributed by atoms with Crippen LogP contribution in [0.3, 0.4) is 0 Å². The van der Waals surface area contributed by atoms with Crippen LogP contribution < -0.4 is 5.32 Å². The molecule has 0 spiro atoms. The summed E-state index contributed by atoms with van der Waals surface area (Å²) in [5.41, 5.74) is 1.91. The second-order valence-electron chi connectivity index (χ2n) is 4.52. The van der Waals surface area contributed by atoms with Crippen molar-refractivity contribution >= 4 is 5.91 Å². The quantitative estimate of drug-likeness (QED) is 0.775. The van der Waals surface area contributed by atoms with E-state index in [-0.39, 0.29) is 11.8 Å². The molecule has 88 valence electrons. The van der Waals surface area contributed by atoms with Gasteiger partial charge in [-0.05, 0) is 5.56 Å². The number of aliphatic hydroxyl groups excluding tert-OH is 1. The molecule has 0 aromatic heterocycles. The zero-order valence-electron chi connectivity index (χ0n) is 9.34. The van der Waals surface area contributed by atoms with Crippen molar-refractivity contribution in [3.63, 3.8) is 0 Å². The maximum absolute atomic E-state index is 11.5. The first kappa shape index (κ1) is 10.4. The molecule has 2 aliphatic rings. The van der Waals surface area contributed by atoms with Crippen LogP contribution >= 0.6 is 0 Å². The third kappa shape index (κ3) is 1.80. The van der Waals surface area contributed by atoms with Crippen molar-refractivity contribution < 1.29 is 9.90 Å². The average molecular weight is 230 g/mol. The molecular weight excluding hydrogens is 216 g/mol. The highest BCUT2D eigenvalue weighted by Gasteiger charge is 2.40. The van der Waals surface area contributed by atoms with E-state index in [0.29, 0.717) is 12.1 Å². The largest absolute Gasteiger partial charge is 0.373 e. The third-order valence-corrected chi connectivity index (χ3v) is 3.30. The molecule has 17 heavy (non-hydrogen) atoms. The lowest BCUT2D eigenvalue weighted by Gasteiger charge is -2.19. The summed E-state index contributed by atoms with van der Waals surface area (Å²) in [4.78, 5) is 13.6. The summed E-state index contributed by atoms with van der Waals surface area (Å²) in [6, 6.07) is 10.1. The van der Waals surface area contributed by atoms with E-state index in [9.17, 15) is 9.90 Å². The summed E-state index contributed by atoms with van der Waals surface area (Å²) >= 11 is 0. The van der Waals surface area contributed by atoms with Crippen molar-refractivity contribution in [1.82, 2.24) is 10.2 Å². The van der Waals surface area contributed by atoms with Gasteiger partial charge in [0.05, 0.1) is 5.92 Å². The lowest BCUT2D eigenvalue weighted by molar-refractivity contribution is -0.117. The fraction of sp³-hybridized carbons (Fsp3) is 0.308. The Labute approximate surface area is 99.6 Å². The Morgan fingerprint density at radius 1 is 1.35 bits per heavy atom. The van der Waals surface area contributed by atoms with Crippen LogP contribution in [0, 0.1) is 5.92 Å². The monoisotopic (exact) mass is 230 g/mol. The molecule has 0 aliphatic carbocycles. The van der Waals surface area contributed by atoms with Crippen molar-refractivity contribution in [2.45, 2.75) is 12.8 Å². The summed E-state index contributed by atoms with van der Waals surface area (Å²) in [7, 11) is 0. The van der Waals surface area contributed by atoms with Gasteiger partial charge in [-0.1, -0.05) is 30.3 Å². The molecule has 1 amide bonds. The topological polar surface area (TPSA) is 52.6 Å². The maximum Gasteiger partial charge on any atom is 0.251 e. The highest BCUT2D eigenvalue weighted by molar-refractivity contribution is 5.97. The van der Waals surface area contributed by atoms with Gasteiger partial charge >= 0.3 is 0 Å². The fourth-order valence-corrected chi connectivity index (χ4v) is 2.44. The Hall–Kier alpha value is -1.81. The molecule has 1 saturated heterocycles. The van der Waals surface area contributed by atoms with Gasteiger partial charge in [-0.3, -0.25) is 4.79 Å². The second kappa shape index (κ2) is 3.89. The number of amides is 1. The van der Waals surface area contributed by atoms with Gasteiger partial charge in [0.2, 0.25) is 0 Å². The van der Waals surface area contributed by atoms with E-state index in [1.165, 1.54) is 5.56 Å². The van der Waals surface area contributed by atoms with Crippen LogP contribution in [-0.4, -0.2) is 28.7 Å². The minimum Gasteiger partial charge on any atom is -0.373 e. The van der Waals surface area contributed by atoms with E-state index in [4.69, 9.17) is 0 Å². The smallest absolute Gasteiger partial charge is 0.251 e. The zero-order valence-corrected chi connectivity index (χ0v) is 9.34. The summed E-state index contributed by atoms with van der Waals surface area (Å²) in [5, 5.41) is 12.2. The number of aliphatic hydroxyl groups is 1. The molecule has 0 radical (unpaired) electrons. The standard InChI is InChI=1S/C13H14N2O2/c16-12-10-7-15(8-11(10)13(17)14-12)6-9-4-2-1-3-5-9/h1-5,7,11,13,17H,6,8H2,(H,14,16). The van der Waals surface area contributed by atoms with Crippen LogP contribution in [0.2, 0.25) is 0 Å². The number of fused-ring (bicyclic) bond motifs is 1. The molecule has 0 bridgehead atoms. The molecule has 3 rings (SSSR count). The van der Waals surface area contributed by atoms with E-state index in [1.54, 1.807) is 0 Å². The predicted molar refractivity (Wildman–Crippen MR) is 62.6 cm³/mol. The molecule has 4 heteroatoms. The Morgan fingerprint density at radius 3 is 2.82 bits per heavy atom. The maximum atomic E-state index is 11.5. The number of rotatable bonds is 2. The fourth-order valence-electron chi connectivity index (χ4n) is 2.44. The highest BCUT2D eigenvalue weighted by Crippen LogP contribution is 2.29. The van der Waals surface area contributed by atoms with Gasteiger partial charge in [-0.25, -0.2) is 0 Å². The van der Waals surface area contributed by atoms with Crippen molar-refractivity contribution in [2.75, 3.05) is 6.54 Å². The van der Waals surface area contributed by atoms with E-state index in [0.717, 1.165) is 6.54 Å². The average Bonchev–Trinajstić information content (AvgIpc) is 2.83. The molecule has 4 nitrogen and oxygen atoms in total. The van der Waals surface area contributed by atoms with Crippen molar-refractivity contribution in [2.24, 2.45) is 5.92 Å². The SMILES string of the molecule is O=C1NC(O)C2CN(Cc3ccccc3)C=C12. The number of hydrogen-bond donors (Lipinski definition) is 2. The van der Waals surface area contributed by atoms with E-state index in [1.807, 2.05) is 24.4 Å². The summed E-state index contributed by atoms with van der Waals surface area (Å²) in [6.45, 7) is 1.48. The van der Waals surface area contributed by atoms with Gasteiger partial charge < -0.3 is 15.3 Å². The molecule has 1 aromatic carbocycles. The van der Waals surface area contributed by atoms with Gasteiger partial charge in [0.1, 0.15) is 6.23 Å². The normalized spacial score (nSPS) is 26.8. The number of carbonyl (C=O) groups excluding carboxylic acids is 1. The van der Waals surface area contributed by atoms with Crippen molar-refractivity contribution in [3.8, 4) is 0 Å². The Bertz CT molecular complexity index is 470. The Kier molecular flexibility index (Phi) is 2.37. The lowest BCUT2D eigenvalue weighted by atomic mass is 10.1. The summed E-state index contributed by atoms with van der Waals surface area (Å²) < 4.78 is 0. The minimum absolute atomic E-state index is 0.0776. The molecule has 2 atom stereocenters. The lowest BCUT2D eigenvalue weighted by Crippen LogP contribution is -2.32. The third-order valence-electron chi connectivity index (χ3n) is 3.30. The van der Waals surface area contributed by atoms with Crippen LogP contribution in [0.25, 0.3) is 0 Å². The molecule has 2 aliphatic heterocycles. The van der Waals surface area contributed by atoms with E-state index < -0.39 is 6.23 Å². The van der Waals surface area contributed by atoms with Gasteiger partial charge in [-0.15, -0.1) is 0 Å². The van der Waals surface area contributed by atoms with Crippen LogP contribution in [-0.2, 0) is 11.3 Å². The van der Waals surface area contributed by atoms with Crippen LogP contribution in [0.15, 0.2) is 42.1 Å². The number of nitrogens with zero attached hydrogens (tertiary/aromatic N) is 1. The van der Waals surface area contributed by atoms with Crippen molar-refractivity contribution in [3.05, 3.63) is 47.7 Å². The Balaban J connectivity index is 1.75. The van der Waals surface area contributed by atoms with Crippen LogP contribution in [0.4, 0.5) is 0 Å². The second-order valence-corrected chi connectivity index (χ2v) is 4.52.